The number of fused-ring (bicyclic) bond motifs is 1. The first-order chi connectivity index (χ1) is 13.8. The van der Waals surface area contributed by atoms with E-state index in [1.54, 1.807) is 0 Å². The van der Waals surface area contributed by atoms with Crippen LogP contribution in [-0.4, -0.2) is 39.5 Å². The number of hydrogen-bond donors (Lipinski definition) is 1. The van der Waals surface area contributed by atoms with Crippen LogP contribution in [0.15, 0.2) is 5.16 Å². The van der Waals surface area contributed by atoms with Crippen LogP contribution in [0.4, 0.5) is 5.00 Å². The maximum absolute atomic E-state index is 12.6. The average Bonchev–Trinajstić information content (AvgIpc) is 3.25. The molecule has 0 aliphatic heterocycles. The number of aromatic nitrogens is 3. The van der Waals surface area contributed by atoms with E-state index >= 15 is 0 Å². The van der Waals surface area contributed by atoms with E-state index in [4.69, 9.17) is 4.74 Å². The van der Waals surface area contributed by atoms with Gasteiger partial charge >= 0.3 is 5.97 Å². The largest absolute Gasteiger partial charge is 0.465 e. The fraction of sp³-hybridized carbons (Fsp3) is 0.600. The van der Waals surface area contributed by atoms with Crippen LogP contribution in [0.3, 0.4) is 0 Å². The van der Waals surface area contributed by atoms with Crippen LogP contribution >= 0.6 is 23.1 Å². The number of hydrogen-bond acceptors (Lipinski definition) is 7. The number of esters is 1. The van der Waals surface area contributed by atoms with Gasteiger partial charge in [-0.25, -0.2) is 4.79 Å². The quantitative estimate of drug-likeness (QED) is 0.519. The number of ether oxygens (including phenoxy) is 1. The molecule has 0 radical (unpaired) electrons. The molecule has 2 aromatic heterocycles. The van der Waals surface area contributed by atoms with E-state index in [2.05, 4.69) is 40.9 Å². The van der Waals surface area contributed by atoms with E-state index in [1.165, 1.54) is 35.1 Å². The monoisotopic (exact) mass is 436 g/mol. The molecule has 0 spiro atoms. The van der Waals surface area contributed by atoms with Crippen LogP contribution in [0, 0.1) is 5.92 Å². The molecule has 0 saturated heterocycles. The molecule has 1 atom stereocenters. The molecule has 7 nitrogen and oxygen atoms in total. The van der Waals surface area contributed by atoms with Crippen molar-refractivity contribution in [2.24, 2.45) is 5.92 Å². The van der Waals surface area contributed by atoms with Crippen molar-refractivity contribution < 1.29 is 14.3 Å². The van der Waals surface area contributed by atoms with E-state index < -0.39 is 0 Å². The molecule has 9 heteroatoms. The summed E-state index contributed by atoms with van der Waals surface area (Å²) in [5.41, 5.74) is 1.56. The van der Waals surface area contributed by atoms with E-state index in [9.17, 15) is 9.59 Å². The van der Waals surface area contributed by atoms with E-state index in [1.807, 2.05) is 6.92 Å². The molecular weight excluding hydrogens is 408 g/mol. The zero-order valence-corrected chi connectivity index (χ0v) is 19.2. The van der Waals surface area contributed by atoms with Crippen LogP contribution in [0.5, 0.6) is 0 Å². The maximum atomic E-state index is 12.6. The molecule has 0 fully saturated rings. The number of rotatable bonds is 7. The molecule has 1 aliphatic carbocycles. The second kappa shape index (κ2) is 9.30. The molecule has 1 N–H and O–H groups in total. The summed E-state index contributed by atoms with van der Waals surface area (Å²) < 4.78 is 7.04. The molecule has 0 saturated carbocycles. The van der Waals surface area contributed by atoms with Crippen LogP contribution in [-0.2, 0) is 28.8 Å². The number of thioether (sulfide) groups is 1. The van der Waals surface area contributed by atoms with Gasteiger partial charge in [0.25, 0.3) is 0 Å². The highest BCUT2D eigenvalue weighted by atomic mass is 32.2. The van der Waals surface area contributed by atoms with Crippen LogP contribution in [0.1, 0.15) is 66.8 Å². The predicted molar refractivity (Wildman–Crippen MR) is 116 cm³/mol. The minimum absolute atomic E-state index is 0.164. The Kier molecular flexibility index (Phi) is 7.00. The van der Waals surface area contributed by atoms with Gasteiger partial charge in [-0.05, 0) is 44.6 Å². The first kappa shape index (κ1) is 21.8. The van der Waals surface area contributed by atoms with E-state index in [0.717, 1.165) is 42.2 Å². The van der Waals surface area contributed by atoms with Gasteiger partial charge in [0.15, 0.2) is 5.16 Å². The minimum Gasteiger partial charge on any atom is -0.465 e. The molecule has 0 aromatic carbocycles. The second-order valence-electron chi connectivity index (χ2n) is 7.60. The normalized spacial score (nSPS) is 16.0. The number of aryl methyl sites for hydroxylation is 1. The Labute approximate surface area is 179 Å². The average molecular weight is 437 g/mol. The Balaban J connectivity index is 1.75. The highest BCUT2D eigenvalue weighted by Crippen LogP contribution is 2.40. The lowest BCUT2D eigenvalue weighted by Crippen LogP contribution is -2.17. The van der Waals surface area contributed by atoms with Gasteiger partial charge in [0, 0.05) is 17.3 Å². The number of carbonyl (C=O) groups excluding carboxylic acids is 2. The van der Waals surface area contributed by atoms with Crippen LogP contribution < -0.4 is 5.32 Å². The van der Waals surface area contributed by atoms with Crippen molar-refractivity contribution >= 4 is 40.0 Å². The molecule has 1 unspecified atom stereocenters. The molecule has 1 aliphatic rings. The summed E-state index contributed by atoms with van der Waals surface area (Å²) in [7, 11) is 1.38. The number of amides is 1. The van der Waals surface area contributed by atoms with Crippen molar-refractivity contribution in [3.8, 4) is 0 Å². The number of nitrogens with one attached hydrogen (secondary N) is 1. The second-order valence-corrected chi connectivity index (χ2v) is 9.65. The molecule has 0 bridgehead atoms. The van der Waals surface area contributed by atoms with Crippen molar-refractivity contribution in [3.05, 3.63) is 21.8 Å². The van der Waals surface area contributed by atoms with Crippen molar-refractivity contribution in [1.82, 2.24) is 14.8 Å². The fourth-order valence-corrected chi connectivity index (χ4v) is 5.92. The minimum atomic E-state index is -0.382. The lowest BCUT2D eigenvalue weighted by Gasteiger charge is -2.18. The van der Waals surface area contributed by atoms with Gasteiger partial charge in [0.2, 0.25) is 5.91 Å². The number of anilines is 1. The Bertz CT molecular complexity index is 904. The van der Waals surface area contributed by atoms with Crippen molar-refractivity contribution in [2.75, 3.05) is 18.2 Å². The highest BCUT2D eigenvalue weighted by Gasteiger charge is 2.29. The molecule has 1 amide bonds. The summed E-state index contributed by atoms with van der Waals surface area (Å²) in [5, 5.41) is 12.7. The smallest absolute Gasteiger partial charge is 0.341 e. The third-order valence-corrected chi connectivity index (χ3v) is 7.17. The third-order valence-electron chi connectivity index (χ3n) is 5.05. The first-order valence-corrected chi connectivity index (χ1v) is 11.7. The zero-order chi connectivity index (χ0) is 21.1. The summed E-state index contributed by atoms with van der Waals surface area (Å²) >= 11 is 2.86. The molecule has 2 heterocycles. The summed E-state index contributed by atoms with van der Waals surface area (Å²) in [6.07, 6.45) is 3.62. The summed E-state index contributed by atoms with van der Waals surface area (Å²) in [5.74, 6) is 1.15. The first-order valence-electron chi connectivity index (χ1n) is 9.94. The zero-order valence-electron chi connectivity index (χ0n) is 17.6. The molecule has 158 valence electrons. The third kappa shape index (κ3) is 4.66. The maximum Gasteiger partial charge on any atom is 0.341 e. The van der Waals surface area contributed by atoms with E-state index in [0.29, 0.717) is 16.5 Å². The number of methoxy groups -OCH3 is 1. The Morgan fingerprint density at radius 2 is 2.14 bits per heavy atom. The van der Waals surface area contributed by atoms with E-state index in [-0.39, 0.29) is 23.7 Å². The standard InChI is InChI=1S/C20H28N4O3S2/c1-6-15-22-23-20(24(15)11(2)3)28-10-16(25)21-18-17(19(26)27-5)13-8-7-12(4)9-14(13)29-18/h11-12H,6-10H2,1-5H3,(H,21,25). The Morgan fingerprint density at radius 1 is 1.38 bits per heavy atom. The lowest BCUT2D eigenvalue weighted by atomic mass is 9.88. The number of thiophene rings is 1. The molecular formula is C20H28N4O3S2. The molecule has 29 heavy (non-hydrogen) atoms. The van der Waals surface area contributed by atoms with Gasteiger partial charge in [-0.2, -0.15) is 0 Å². The van der Waals surface area contributed by atoms with Gasteiger partial charge in [-0.15, -0.1) is 21.5 Å². The molecule has 3 rings (SSSR count). The lowest BCUT2D eigenvalue weighted by molar-refractivity contribution is -0.113. The summed E-state index contributed by atoms with van der Waals surface area (Å²) in [6.45, 7) is 8.40. The Morgan fingerprint density at radius 3 is 2.79 bits per heavy atom. The van der Waals surface area contributed by atoms with Crippen molar-refractivity contribution in [1.29, 1.82) is 0 Å². The summed E-state index contributed by atoms with van der Waals surface area (Å²) in [4.78, 5) is 26.2. The van der Waals surface area contributed by atoms with Crippen LogP contribution in [0.25, 0.3) is 0 Å². The predicted octanol–water partition coefficient (Wildman–Crippen LogP) is 4.13. The van der Waals surface area contributed by atoms with Gasteiger partial charge < -0.3 is 14.6 Å². The van der Waals surface area contributed by atoms with Gasteiger partial charge in [-0.1, -0.05) is 25.6 Å². The van der Waals surface area contributed by atoms with Crippen molar-refractivity contribution in [2.45, 2.75) is 64.6 Å². The van der Waals surface area contributed by atoms with Gasteiger partial charge in [0.05, 0.1) is 18.4 Å². The fourth-order valence-electron chi connectivity index (χ4n) is 3.62. The number of carbonyl (C=O) groups is 2. The van der Waals surface area contributed by atoms with Crippen LogP contribution in [0.2, 0.25) is 0 Å². The molecule has 2 aromatic rings. The Hall–Kier alpha value is -1.87. The van der Waals surface area contributed by atoms with Crippen molar-refractivity contribution in [3.63, 3.8) is 0 Å². The summed E-state index contributed by atoms with van der Waals surface area (Å²) in [6, 6.07) is 0.224. The SMILES string of the molecule is CCc1nnc(SCC(=O)Nc2sc3c(c2C(=O)OC)CCC(C)C3)n1C(C)C. The topological polar surface area (TPSA) is 86.1 Å². The highest BCUT2D eigenvalue weighted by molar-refractivity contribution is 7.99. The van der Waals surface area contributed by atoms with Gasteiger partial charge in [-0.3, -0.25) is 4.79 Å². The van der Waals surface area contributed by atoms with Gasteiger partial charge in [0.1, 0.15) is 10.8 Å². The number of nitrogens with zero attached hydrogens (tertiary/aromatic N) is 3.